The Kier molecular flexibility index (Phi) is 4.44. The summed E-state index contributed by atoms with van der Waals surface area (Å²) in [6.45, 7) is 3.68. The molecule has 0 aliphatic carbocycles. The molecular weight excluding hydrogens is 294 g/mol. The molecule has 1 N–H and O–H groups in total. The monoisotopic (exact) mass is 310 g/mol. The van der Waals surface area contributed by atoms with E-state index >= 15 is 0 Å². The minimum atomic E-state index is -1.02. The first kappa shape index (κ1) is 15.9. The maximum atomic E-state index is 14.0. The Morgan fingerprint density at radius 3 is 2.64 bits per heavy atom. The minimum Gasteiger partial charge on any atom is -0.466 e. The number of allylic oxidation sites excluding steroid dienone is 1. The first-order valence-corrected chi connectivity index (χ1v) is 6.72. The predicted molar refractivity (Wildman–Crippen MR) is 74.7 cm³/mol. The summed E-state index contributed by atoms with van der Waals surface area (Å²) in [5.74, 6) is -2.26. The number of halogens is 2. The highest BCUT2D eigenvalue weighted by Crippen LogP contribution is 2.32. The SMILES string of the molecule is CCN1C(=O)NC(c2ccc(F)cc2F)C(C(=O)OC)=C1C. The molecule has 22 heavy (non-hydrogen) atoms. The van der Waals surface area contributed by atoms with E-state index in [2.05, 4.69) is 5.32 Å². The molecule has 0 radical (unpaired) electrons. The number of rotatable bonds is 3. The van der Waals surface area contributed by atoms with Crippen molar-refractivity contribution in [1.82, 2.24) is 10.2 Å². The number of urea groups is 1. The van der Waals surface area contributed by atoms with Gasteiger partial charge in [-0.25, -0.2) is 18.4 Å². The fourth-order valence-corrected chi connectivity index (χ4v) is 2.51. The topological polar surface area (TPSA) is 58.6 Å². The molecule has 1 aliphatic heterocycles. The average Bonchev–Trinajstić information content (AvgIpc) is 2.46. The van der Waals surface area contributed by atoms with Gasteiger partial charge in [-0.2, -0.15) is 0 Å². The van der Waals surface area contributed by atoms with Gasteiger partial charge >= 0.3 is 12.0 Å². The summed E-state index contributed by atoms with van der Waals surface area (Å²) in [6.07, 6.45) is 0. The summed E-state index contributed by atoms with van der Waals surface area (Å²) in [7, 11) is 1.20. The quantitative estimate of drug-likeness (QED) is 0.873. The number of nitrogens with one attached hydrogen (secondary N) is 1. The van der Waals surface area contributed by atoms with E-state index in [-0.39, 0.29) is 11.1 Å². The van der Waals surface area contributed by atoms with Gasteiger partial charge in [-0.15, -0.1) is 0 Å². The van der Waals surface area contributed by atoms with E-state index in [9.17, 15) is 18.4 Å². The van der Waals surface area contributed by atoms with Crippen molar-refractivity contribution in [2.45, 2.75) is 19.9 Å². The summed E-state index contributed by atoms with van der Waals surface area (Å²) >= 11 is 0. The van der Waals surface area contributed by atoms with Gasteiger partial charge in [-0.05, 0) is 19.9 Å². The van der Waals surface area contributed by atoms with Gasteiger partial charge in [0.15, 0.2) is 0 Å². The lowest BCUT2D eigenvalue weighted by Gasteiger charge is -2.34. The average molecular weight is 310 g/mol. The minimum absolute atomic E-state index is 0.00486. The smallest absolute Gasteiger partial charge is 0.337 e. The fraction of sp³-hybridized carbons (Fsp3) is 0.333. The Morgan fingerprint density at radius 1 is 1.41 bits per heavy atom. The summed E-state index contributed by atoms with van der Waals surface area (Å²) in [4.78, 5) is 25.5. The molecule has 0 saturated heterocycles. The predicted octanol–water partition coefficient (Wildman–Crippen LogP) is 2.50. The van der Waals surface area contributed by atoms with Crippen molar-refractivity contribution < 1.29 is 23.1 Å². The number of nitrogens with zero attached hydrogens (tertiary/aromatic N) is 1. The highest BCUT2D eigenvalue weighted by molar-refractivity contribution is 5.95. The van der Waals surface area contributed by atoms with Crippen LogP contribution in [0.1, 0.15) is 25.5 Å². The Hall–Kier alpha value is -2.44. The maximum Gasteiger partial charge on any atom is 0.337 e. The molecule has 5 nitrogen and oxygen atoms in total. The van der Waals surface area contributed by atoms with Gasteiger partial charge in [0, 0.05) is 23.9 Å². The fourth-order valence-electron chi connectivity index (χ4n) is 2.51. The number of ether oxygens (including phenoxy) is 1. The Balaban J connectivity index is 2.60. The molecule has 1 heterocycles. The van der Waals surface area contributed by atoms with Crippen LogP contribution >= 0.6 is 0 Å². The van der Waals surface area contributed by atoms with E-state index in [0.717, 1.165) is 6.07 Å². The molecule has 1 atom stereocenters. The lowest BCUT2D eigenvalue weighted by molar-refractivity contribution is -0.136. The van der Waals surface area contributed by atoms with Gasteiger partial charge in [-0.3, -0.25) is 4.90 Å². The molecule has 2 rings (SSSR count). The van der Waals surface area contributed by atoms with Gasteiger partial charge in [-0.1, -0.05) is 6.07 Å². The van der Waals surface area contributed by atoms with Crippen molar-refractivity contribution in [1.29, 1.82) is 0 Å². The molecule has 118 valence electrons. The van der Waals surface area contributed by atoms with Crippen LogP contribution in [0.4, 0.5) is 13.6 Å². The Morgan fingerprint density at radius 2 is 2.09 bits per heavy atom. The summed E-state index contributed by atoms with van der Waals surface area (Å²) in [6, 6.07) is 1.50. The number of carbonyl (C=O) groups is 2. The van der Waals surface area contributed by atoms with Crippen LogP contribution in [-0.4, -0.2) is 30.6 Å². The molecule has 0 aromatic heterocycles. The summed E-state index contributed by atoms with van der Waals surface area (Å²) in [5, 5.41) is 2.56. The third kappa shape index (κ3) is 2.66. The highest BCUT2D eigenvalue weighted by Gasteiger charge is 2.36. The van der Waals surface area contributed by atoms with Crippen molar-refractivity contribution in [3.63, 3.8) is 0 Å². The van der Waals surface area contributed by atoms with E-state index in [1.807, 2.05) is 0 Å². The number of amides is 2. The molecule has 0 saturated carbocycles. The van der Waals surface area contributed by atoms with Gasteiger partial charge in [0.25, 0.3) is 0 Å². The van der Waals surface area contributed by atoms with Crippen LogP contribution in [-0.2, 0) is 9.53 Å². The molecule has 1 unspecified atom stereocenters. The Bertz CT molecular complexity index is 658. The summed E-state index contributed by atoms with van der Waals surface area (Å²) < 4.78 is 31.8. The van der Waals surface area contributed by atoms with Crippen LogP contribution in [0.5, 0.6) is 0 Å². The van der Waals surface area contributed by atoms with Gasteiger partial charge < -0.3 is 10.1 Å². The largest absolute Gasteiger partial charge is 0.466 e. The van der Waals surface area contributed by atoms with E-state index in [0.29, 0.717) is 18.3 Å². The summed E-state index contributed by atoms with van der Waals surface area (Å²) in [5.41, 5.74) is 0.506. The van der Waals surface area contributed by atoms with Crippen molar-refractivity contribution in [2.75, 3.05) is 13.7 Å². The molecular formula is C15H16F2N2O3. The highest BCUT2D eigenvalue weighted by atomic mass is 19.1. The van der Waals surface area contributed by atoms with Crippen LogP contribution in [0.15, 0.2) is 29.5 Å². The van der Waals surface area contributed by atoms with Gasteiger partial charge in [0.2, 0.25) is 0 Å². The van der Waals surface area contributed by atoms with E-state index in [4.69, 9.17) is 4.74 Å². The number of esters is 1. The molecule has 0 fully saturated rings. The normalized spacial score (nSPS) is 18.3. The van der Waals surface area contributed by atoms with Crippen LogP contribution in [0.3, 0.4) is 0 Å². The zero-order valence-electron chi connectivity index (χ0n) is 12.4. The van der Waals surface area contributed by atoms with Crippen molar-refractivity contribution in [2.24, 2.45) is 0 Å². The number of carbonyl (C=O) groups excluding carboxylic acids is 2. The van der Waals surface area contributed by atoms with E-state index in [1.165, 1.54) is 18.1 Å². The Labute approximate surface area is 126 Å². The molecule has 1 aromatic carbocycles. The van der Waals surface area contributed by atoms with Gasteiger partial charge in [0.1, 0.15) is 11.6 Å². The van der Waals surface area contributed by atoms with Crippen LogP contribution in [0, 0.1) is 11.6 Å². The van der Waals surface area contributed by atoms with Crippen LogP contribution in [0.2, 0.25) is 0 Å². The third-order valence-electron chi connectivity index (χ3n) is 3.59. The van der Waals surface area contributed by atoms with Crippen molar-refractivity contribution >= 4 is 12.0 Å². The lowest BCUT2D eigenvalue weighted by Crippen LogP contribution is -2.48. The number of hydrogen-bond donors (Lipinski definition) is 1. The zero-order chi connectivity index (χ0) is 16.4. The van der Waals surface area contributed by atoms with E-state index < -0.39 is 29.7 Å². The maximum absolute atomic E-state index is 14.0. The van der Waals surface area contributed by atoms with Gasteiger partial charge in [0.05, 0.1) is 18.7 Å². The molecule has 1 aliphatic rings. The van der Waals surface area contributed by atoms with Crippen LogP contribution < -0.4 is 5.32 Å². The second-order valence-electron chi connectivity index (χ2n) is 4.78. The lowest BCUT2D eigenvalue weighted by atomic mass is 9.94. The molecule has 2 amide bonds. The molecule has 1 aromatic rings. The molecule has 0 spiro atoms. The second kappa shape index (κ2) is 6.13. The number of benzene rings is 1. The van der Waals surface area contributed by atoms with E-state index in [1.54, 1.807) is 13.8 Å². The van der Waals surface area contributed by atoms with Crippen molar-refractivity contribution in [3.8, 4) is 0 Å². The molecule has 7 heteroatoms. The number of methoxy groups -OCH3 is 1. The third-order valence-corrected chi connectivity index (χ3v) is 3.59. The molecule has 0 bridgehead atoms. The zero-order valence-corrected chi connectivity index (χ0v) is 12.4. The standard InChI is InChI=1S/C15H16F2N2O3/c1-4-19-8(2)12(14(20)22-3)13(18-15(19)21)10-6-5-9(16)7-11(10)17/h5-7,13H,4H2,1-3H3,(H,18,21). The first-order valence-electron chi connectivity index (χ1n) is 6.72. The second-order valence-corrected chi connectivity index (χ2v) is 4.78. The number of hydrogen-bond acceptors (Lipinski definition) is 3. The first-order chi connectivity index (χ1) is 10.4. The van der Waals surface area contributed by atoms with Crippen LogP contribution in [0.25, 0.3) is 0 Å². The van der Waals surface area contributed by atoms with Crippen molar-refractivity contribution in [3.05, 3.63) is 46.7 Å².